The number of ether oxygens (including phenoxy) is 1. The molecule has 1 fully saturated rings. The molecular formula is C12H17N5O3. The van der Waals surface area contributed by atoms with Gasteiger partial charge < -0.3 is 15.4 Å². The summed E-state index contributed by atoms with van der Waals surface area (Å²) in [6.07, 6.45) is 3.92. The number of nitrogens with one attached hydrogen (secondary N) is 3. The third kappa shape index (κ3) is 3.81. The molecule has 20 heavy (non-hydrogen) atoms. The van der Waals surface area contributed by atoms with E-state index in [1.807, 2.05) is 0 Å². The predicted molar refractivity (Wildman–Crippen MR) is 71.4 cm³/mol. The first-order valence-corrected chi connectivity index (χ1v) is 6.41. The van der Waals surface area contributed by atoms with Crippen LogP contribution in [0.25, 0.3) is 0 Å². The van der Waals surface area contributed by atoms with Crippen LogP contribution in [0.3, 0.4) is 0 Å². The third-order valence-electron chi connectivity index (χ3n) is 2.90. The number of aromatic nitrogens is 2. The second-order valence-corrected chi connectivity index (χ2v) is 4.37. The molecule has 3 amide bonds. The summed E-state index contributed by atoms with van der Waals surface area (Å²) in [5.74, 6) is 0.154. The first-order chi connectivity index (χ1) is 9.69. The number of anilines is 1. The van der Waals surface area contributed by atoms with Crippen molar-refractivity contribution in [2.75, 3.05) is 19.0 Å². The van der Waals surface area contributed by atoms with Crippen LogP contribution in [0.5, 0.6) is 6.01 Å². The van der Waals surface area contributed by atoms with Crippen molar-refractivity contribution in [1.82, 2.24) is 20.6 Å². The Hall–Kier alpha value is -2.38. The molecule has 8 heteroatoms. The Labute approximate surface area is 116 Å². The summed E-state index contributed by atoms with van der Waals surface area (Å²) in [7, 11) is 1.44. The zero-order valence-corrected chi connectivity index (χ0v) is 11.2. The predicted octanol–water partition coefficient (Wildman–Crippen LogP) is 0.275. The van der Waals surface area contributed by atoms with Crippen molar-refractivity contribution >= 4 is 17.8 Å². The Balaban J connectivity index is 1.92. The monoisotopic (exact) mass is 279 g/mol. The van der Waals surface area contributed by atoms with Gasteiger partial charge in [-0.05, 0) is 25.3 Å². The van der Waals surface area contributed by atoms with Gasteiger partial charge in [-0.3, -0.25) is 10.1 Å². The van der Waals surface area contributed by atoms with Crippen LogP contribution in [0.1, 0.15) is 19.3 Å². The van der Waals surface area contributed by atoms with Gasteiger partial charge in [-0.1, -0.05) is 0 Å². The Bertz CT molecular complexity index is 494. The third-order valence-corrected chi connectivity index (χ3v) is 2.90. The largest absolute Gasteiger partial charge is 0.467 e. The Morgan fingerprint density at radius 2 is 2.35 bits per heavy atom. The maximum atomic E-state index is 11.8. The van der Waals surface area contributed by atoms with E-state index >= 15 is 0 Å². The highest BCUT2D eigenvalue weighted by molar-refractivity contribution is 5.93. The van der Waals surface area contributed by atoms with Gasteiger partial charge in [-0.25, -0.2) is 9.78 Å². The van der Waals surface area contributed by atoms with Crippen molar-refractivity contribution in [2.45, 2.75) is 25.3 Å². The highest BCUT2D eigenvalue weighted by Crippen LogP contribution is 2.08. The van der Waals surface area contributed by atoms with Crippen molar-refractivity contribution in [3.8, 4) is 6.01 Å². The minimum Gasteiger partial charge on any atom is -0.467 e. The Kier molecular flexibility index (Phi) is 4.70. The first-order valence-electron chi connectivity index (χ1n) is 6.41. The van der Waals surface area contributed by atoms with Gasteiger partial charge in [0.1, 0.15) is 11.9 Å². The minimum atomic E-state index is -0.513. The maximum Gasteiger partial charge on any atom is 0.321 e. The van der Waals surface area contributed by atoms with Gasteiger partial charge in [0.15, 0.2) is 0 Å². The van der Waals surface area contributed by atoms with E-state index in [1.165, 1.54) is 19.4 Å². The van der Waals surface area contributed by atoms with Crippen LogP contribution in [0.15, 0.2) is 12.3 Å². The second kappa shape index (κ2) is 6.69. The zero-order valence-electron chi connectivity index (χ0n) is 11.2. The van der Waals surface area contributed by atoms with Crippen molar-refractivity contribution in [1.29, 1.82) is 0 Å². The molecule has 0 aromatic carbocycles. The van der Waals surface area contributed by atoms with Gasteiger partial charge >= 0.3 is 12.0 Å². The van der Waals surface area contributed by atoms with Gasteiger partial charge in [0.2, 0.25) is 5.91 Å². The van der Waals surface area contributed by atoms with Crippen molar-refractivity contribution in [3.05, 3.63) is 12.3 Å². The molecule has 0 radical (unpaired) electrons. The number of hydrogen-bond donors (Lipinski definition) is 3. The van der Waals surface area contributed by atoms with Crippen LogP contribution >= 0.6 is 0 Å². The molecule has 0 saturated carbocycles. The van der Waals surface area contributed by atoms with Crippen LogP contribution in [0.4, 0.5) is 10.6 Å². The molecule has 1 aliphatic rings. The molecule has 1 aromatic rings. The number of amides is 3. The summed E-state index contributed by atoms with van der Waals surface area (Å²) in [4.78, 5) is 31.3. The molecule has 2 heterocycles. The fourth-order valence-corrected chi connectivity index (χ4v) is 1.90. The molecule has 1 aliphatic heterocycles. The van der Waals surface area contributed by atoms with Crippen LogP contribution in [0.2, 0.25) is 0 Å². The smallest absolute Gasteiger partial charge is 0.321 e. The molecule has 1 saturated heterocycles. The molecule has 2 rings (SSSR count). The Morgan fingerprint density at radius 3 is 3.15 bits per heavy atom. The highest BCUT2D eigenvalue weighted by Gasteiger charge is 2.22. The first kappa shape index (κ1) is 14.0. The molecule has 0 spiro atoms. The average molecular weight is 279 g/mol. The fourth-order valence-electron chi connectivity index (χ4n) is 1.90. The number of urea groups is 1. The quantitative estimate of drug-likeness (QED) is 0.736. The van der Waals surface area contributed by atoms with Gasteiger partial charge in [-0.15, -0.1) is 0 Å². The second-order valence-electron chi connectivity index (χ2n) is 4.37. The summed E-state index contributed by atoms with van der Waals surface area (Å²) < 4.78 is 4.86. The van der Waals surface area contributed by atoms with E-state index in [-0.39, 0.29) is 11.9 Å². The molecule has 1 unspecified atom stereocenters. The number of methoxy groups -OCH3 is 1. The Morgan fingerprint density at radius 1 is 1.50 bits per heavy atom. The number of carbonyl (C=O) groups is 2. The van der Waals surface area contributed by atoms with Crippen molar-refractivity contribution < 1.29 is 14.3 Å². The molecule has 1 aromatic heterocycles. The summed E-state index contributed by atoms with van der Waals surface area (Å²) in [6, 6.07) is 0.707. The molecule has 0 aliphatic carbocycles. The summed E-state index contributed by atoms with van der Waals surface area (Å²) in [5, 5.41) is 7.93. The minimum absolute atomic E-state index is 0.155. The molecule has 0 bridgehead atoms. The fraction of sp³-hybridized carbons (Fsp3) is 0.500. The SMILES string of the molecule is COc1nccc(NC(=O)NC2CCCCNC2=O)n1. The van der Waals surface area contributed by atoms with E-state index in [0.29, 0.717) is 18.8 Å². The van der Waals surface area contributed by atoms with E-state index in [0.717, 1.165) is 12.8 Å². The summed E-state index contributed by atoms with van der Waals surface area (Å²) in [5.41, 5.74) is 0. The summed E-state index contributed by atoms with van der Waals surface area (Å²) in [6.45, 7) is 0.655. The topological polar surface area (TPSA) is 105 Å². The number of carbonyl (C=O) groups excluding carboxylic acids is 2. The van der Waals surface area contributed by atoms with Gasteiger partial charge in [0, 0.05) is 12.7 Å². The lowest BCUT2D eigenvalue weighted by molar-refractivity contribution is -0.122. The molecular weight excluding hydrogens is 262 g/mol. The van der Waals surface area contributed by atoms with Crippen LogP contribution < -0.4 is 20.7 Å². The van der Waals surface area contributed by atoms with E-state index in [1.54, 1.807) is 0 Å². The number of hydrogen-bond acceptors (Lipinski definition) is 5. The maximum absolute atomic E-state index is 11.8. The standard InChI is InChI=1S/C12H17N5O3/c1-20-12-14-7-5-9(17-12)16-11(19)15-8-4-2-3-6-13-10(8)18/h5,7-8H,2-4,6H2,1H3,(H,13,18)(H2,14,15,16,17,19). The zero-order chi connectivity index (χ0) is 14.4. The van der Waals surface area contributed by atoms with E-state index < -0.39 is 12.1 Å². The van der Waals surface area contributed by atoms with Gasteiger partial charge in [0.25, 0.3) is 0 Å². The molecule has 3 N–H and O–H groups in total. The lowest BCUT2D eigenvalue weighted by Gasteiger charge is -2.15. The number of rotatable bonds is 3. The normalized spacial score (nSPS) is 18.6. The van der Waals surface area contributed by atoms with Crippen molar-refractivity contribution in [3.63, 3.8) is 0 Å². The van der Waals surface area contributed by atoms with E-state index in [4.69, 9.17) is 4.74 Å². The summed E-state index contributed by atoms with van der Waals surface area (Å²) >= 11 is 0. The van der Waals surface area contributed by atoms with Gasteiger partial charge in [-0.2, -0.15) is 4.98 Å². The van der Waals surface area contributed by atoms with Crippen LogP contribution in [-0.2, 0) is 4.79 Å². The lowest BCUT2D eigenvalue weighted by Crippen LogP contribution is -2.47. The van der Waals surface area contributed by atoms with E-state index in [9.17, 15) is 9.59 Å². The average Bonchev–Trinajstić information content (AvgIpc) is 2.64. The van der Waals surface area contributed by atoms with Crippen molar-refractivity contribution in [2.24, 2.45) is 0 Å². The van der Waals surface area contributed by atoms with Crippen LogP contribution in [-0.4, -0.2) is 41.6 Å². The number of nitrogens with zero attached hydrogens (tertiary/aromatic N) is 2. The van der Waals surface area contributed by atoms with E-state index in [2.05, 4.69) is 25.9 Å². The molecule has 108 valence electrons. The molecule has 1 atom stereocenters. The highest BCUT2D eigenvalue weighted by atomic mass is 16.5. The lowest BCUT2D eigenvalue weighted by atomic mass is 10.1. The van der Waals surface area contributed by atoms with Gasteiger partial charge in [0.05, 0.1) is 7.11 Å². The van der Waals surface area contributed by atoms with Crippen LogP contribution in [0, 0.1) is 0 Å². The molecule has 8 nitrogen and oxygen atoms in total.